The summed E-state index contributed by atoms with van der Waals surface area (Å²) in [4.78, 5) is 12.3. The Morgan fingerprint density at radius 3 is 2.22 bits per heavy atom. The second kappa shape index (κ2) is 9.10. The van der Waals surface area contributed by atoms with Gasteiger partial charge < -0.3 is 14.8 Å². The summed E-state index contributed by atoms with van der Waals surface area (Å²) in [5, 5.41) is 3.45. The number of halogens is 1. The van der Waals surface area contributed by atoms with Crippen LogP contribution in [-0.4, -0.2) is 19.1 Å². The predicted octanol–water partition coefficient (Wildman–Crippen LogP) is 5.36. The Morgan fingerprint density at radius 2 is 1.56 bits per heavy atom. The highest BCUT2D eigenvalue weighted by Gasteiger charge is 2.06. The SMILES string of the molecule is Cc1cccc(OCCOc2ccc(C(=O)Nc3ccc(Cl)cc3)cc2)c1. The van der Waals surface area contributed by atoms with E-state index in [-0.39, 0.29) is 5.91 Å². The van der Waals surface area contributed by atoms with E-state index in [0.29, 0.717) is 35.2 Å². The summed E-state index contributed by atoms with van der Waals surface area (Å²) in [6, 6.07) is 21.8. The van der Waals surface area contributed by atoms with Gasteiger partial charge >= 0.3 is 0 Å². The molecule has 27 heavy (non-hydrogen) atoms. The number of rotatable bonds is 7. The fourth-order valence-electron chi connectivity index (χ4n) is 2.46. The van der Waals surface area contributed by atoms with E-state index in [4.69, 9.17) is 21.1 Å². The molecule has 0 aromatic heterocycles. The van der Waals surface area contributed by atoms with E-state index >= 15 is 0 Å². The van der Waals surface area contributed by atoms with Crippen LogP contribution in [0.5, 0.6) is 11.5 Å². The maximum atomic E-state index is 12.3. The molecule has 0 fully saturated rings. The van der Waals surface area contributed by atoms with Crippen LogP contribution in [0.4, 0.5) is 5.69 Å². The van der Waals surface area contributed by atoms with Crippen molar-refractivity contribution in [3.05, 3.63) is 88.9 Å². The third-order valence-corrected chi connectivity index (χ3v) is 4.08. The maximum absolute atomic E-state index is 12.3. The molecule has 0 heterocycles. The lowest BCUT2D eigenvalue weighted by Crippen LogP contribution is -2.12. The van der Waals surface area contributed by atoms with E-state index in [1.54, 1.807) is 48.5 Å². The van der Waals surface area contributed by atoms with Gasteiger partial charge in [0.15, 0.2) is 0 Å². The van der Waals surface area contributed by atoms with Crippen LogP contribution in [0, 0.1) is 6.92 Å². The van der Waals surface area contributed by atoms with Crippen molar-refractivity contribution in [3.63, 3.8) is 0 Å². The summed E-state index contributed by atoms with van der Waals surface area (Å²) in [5.41, 5.74) is 2.40. The van der Waals surface area contributed by atoms with Crippen LogP contribution in [0.1, 0.15) is 15.9 Å². The summed E-state index contributed by atoms with van der Waals surface area (Å²) in [6.45, 7) is 2.89. The smallest absolute Gasteiger partial charge is 0.255 e. The lowest BCUT2D eigenvalue weighted by Gasteiger charge is -2.10. The van der Waals surface area contributed by atoms with Crippen LogP contribution in [0.3, 0.4) is 0 Å². The zero-order valence-corrected chi connectivity index (χ0v) is 15.7. The van der Waals surface area contributed by atoms with E-state index in [0.717, 1.165) is 11.3 Å². The van der Waals surface area contributed by atoms with E-state index in [2.05, 4.69) is 5.32 Å². The first kappa shape index (κ1) is 18.8. The third-order valence-electron chi connectivity index (χ3n) is 3.83. The van der Waals surface area contributed by atoms with Gasteiger partial charge in [-0.15, -0.1) is 0 Å². The summed E-state index contributed by atoms with van der Waals surface area (Å²) in [5.74, 6) is 1.32. The van der Waals surface area contributed by atoms with E-state index < -0.39 is 0 Å². The fraction of sp³-hybridized carbons (Fsp3) is 0.136. The number of ether oxygens (including phenoxy) is 2. The van der Waals surface area contributed by atoms with Gasteiger partial charge in [-0.2, -0.15) is 0 Å². The minimum Gasteiger partial charge on any atom is -0.490 e. The van der Waals surface area contributed by atoms with Gasteiger partial charge in [0.25, 0.3) is 5.91 Å². The zero-order valence-electron chi connectivity index (χ0n) is 14.9. The normalized spacial score (nSPS) is 10.3. The average Bonchev–Trinajstić information content (AvgIpc) is 2.67. The third kappa shape index (κ3) is 5.76. The number of aryl methyl sites for hydroxylation is 1. The molecule has 3 rings (SSSR count). The number of hydrogen-bond donors (Lipinski definition) is 1. The molecular weight excluding hydrogens is 362 g/mol. The highest BCUT2D eigenvalue weighted by Crippen LogP contribution is 2.17. The molecule has 0 radical (unpaired) electrons. The number of benzene rings is 3. The molecule has 0 saturated heterocycles. The molecule has 0 bridgehead atoms. The lowest BCUT2D eigenvalue weighted by molar-refractivity contribution is 0.102. The average molecular weight is 382 g/mol. The van der Waals surface area contributed by atoms with Crippen molar-refractivity contribution < 1.29 is 14.3 Å². The van der Waals surface area contributed by atoms with Crippen LogP contribution in [0.25, 0.3) is 0 Å². The number of nitrogens with one attached hydrogen (secondary N) is 1. The van der Waals surface area contributed by atoms with Crippen molar-refractivity contribution in [2.45, 2.75) is 6.92 Å². The Kier molecular flexibility index (Phi) is 6.34. The standard InChI is InChI=1S/C22H20ClNO3/c1-16-3-2-4-21(15-16)27-14-13-26-20-11-5-17(6-12-20)22(25)24-19-9-7-18(23)8-10-19/h2-12,15H,13-14H2,1H3,(H,24,25). The summed E-state index contributed by atoms with van der Waals surface area (Å²) in [7, 11) is 0. The number of carbonyl (C=O) groups is 1. The van der Waals surface area contributed by atoms with Crippen LogP contribution >= 0.6 is 11.6 Å². The molecule has 1 N–H and O–H groups in total. The maximum Gasteiger partial charge on any atom is 0.255 e. The molecule has 3 aromatic carbocycles. The molecule has 5 heteroatoms. The summed E-state index contributed by atoms with van der Waals surface area (Å²) < 4.78 is 11.3. The van der Waals surface area contributed by atoms with Crippen molar-refractivity contribution in [2.24, 2.45) is 0 Å². The Labute approximate surface area is 163 Å². The first-order valence-electron chi connectivity index (χ1n) is 8.59. The van der Waals surface area contributed by atoms with Crippen LogP contribution < -0.4 is 14.8 Å². The minimum atomic E-state index is -0.188. The van der Waals surface area contributed by atoms with Gasteiger partial charge in [-0.3, -0.25) is 4.79 Å². The number of carbonyl (C=O) groups excluding carboxylic acids is 1. The molecule has 0 atom stereocenters. The highest BCUT2D eigenvalue weighted by molar-refractivity contribution is 6.30. The number of hydrogen-bond acceptors (Lipinski definition) is 3. The van der Waals surface area contributed by atoms with Gasteiger partial charge in [0.1, 0.15) is 24.7 Å². The molecule has 4 nitrogen and oxygen atoms in total. The monoisotopic (exact) mass is 381 g/mol. The molecule has 3 aromatic rings. The van der Waals surface area contributed by atoms with Crippen molar-refractivity contribution >= 4 is 23.2 Å². The Balaban J connectivity index is 1.46. The van der Waals surface area contributed by atoms with Gasteiger partial charge in [0.2, 0.25) is 0 Å². The van der Waals surface area contributed by atoms with Crippen LogP contribution in [-0.2, 0) is 0 Å². The van der Waals surface area contributed by atoms with Crippen LogP contribution in [0.2, 0.25) is 5.02 Å². The molecule has 0 spiro atoms. The van der Waals surface area contributed by atoms with E-state index in [9.17, 15) is 4.79 Å². The quantitative estimate of drug-likeness (QED) is 0.560. The minimum absolute atomic E-state index is 0.188. The molecule has 0 aliphatic carbocycles. The van der Waals surface area contributed by atoms with Gasteiger partial charge in [-0.1, -0.05) is 23.7 Å². The Bertz CT molecular complexity index is 892. The number of amides is 1. The lowest BCUT2D eigenvalue weighted by atomic mass is 10.2. The van der Waals surface area contributed by atoms with E-state index in [1.807, 2.05) is 31.2 Å². The number of anilines is 1. The van der Waals surface area contributed by atoms with Crippen molar-refractivity contribution in [2.75, 3.05) is 18.5 Å². The predicted molar refractivity (Wildman–Crippen MR) is 108 cm³/mol. The van der Waals surface area contributed by atoms with E-state index in [1.165, 1.54) is 0 Å². The van der Waals surface area contributed by atoms with Crippen molar-refractivity contribution in [1.29, 1.82) is 0 Å². The first-order chi connectivity index (χ1) is 13.1. The van der Waals surface area contributed by atoms with Gasteiger partial charge in [0, 0.05) is 16.3 Å². The Hall–Kier alpha value is -2.98. The molecule has 0 aliphatic rings. The molecule has 0 aliphatic heterocycles. The van der Waals surface area contributed by atoms with Crippen LogP contribution in [0.15, 0.2) is 72.8 Å². The largest absolute Gasteiger partial charge is 0.490 e. The molecule has 138 valence electrons. The topological polar surface area (TPSA) is 47.6 Å². The first-order valence-corrected chi connectivity index (χ1v) is 8.97. The second-order valence-electron chi connectivity index (χ2n) is 6.00. The van der Waals surface area contributed by atoms with Gasteiger partial charge in [-0.25, -0.2) is 0 Å². The second-order valence-corrected chi connectivity index (χ2v) is 6.44. The molecular formula is C22H20ClNO3. The molecule has 0 unspecified atom stereocenters. The zero-order chi connectivity index (χ0) is 19.1. The Morgan fingerprint density at radius 1 is 0.889 bits per heavy atom. The fourth-order valence-corrected chi connectivity index (χ4v) is 2.59. The molecule has 0 saturated carbocycles. The van der Waals surface area contributed by atoms with Gasteiger partial charge in [0.05, 0.1) is 0 Å². The summed E-state index contributed by atoms with van der Waals surface area (Å²) in [6.07, 6.45) is 0. The summed E-state index contributed by atoms with van der Waals surface area (Å²) >= 11 is 5.84. The molecule has 1 amide bonds. The van der Waals surface area contributed by atoms with Gasteiger partial charge in [-0.05, 0) is 73.2 Å². The highest BCUT2D eigenvalue weighted by atomic mass is 35.5. The van der Waals surface area contributed by atoms with Crippen molar-refractivity contribution in [1.82, 2.24) is 0 Å². The van der Waals surface area contributed by atoms with Crippen molar-refractivity contribution in [3.8, 4) is 11.5 Å².